The fraction of sp³-hybridized carbons (Fsp3) is 0.333. The number of benzene rings is 1. The topological polar surface area (TPSA) is 101 Å². The second kappa shape index (κ2) is 10.4. The zero-order valence-electron chi connectivity index (χ0n) is 17.6. The van der Waals surface area contributed by atoms with Gasteiger partial charge < -0.3 is 20.1 Å². The molecule has 0 radical (unpaired) electrons. The van der Waals surface area contributed by atoms with E-state index in [1.54, 1.807) is 30.7 Å². The third kappa shape index (κ3) is 5.68. The van der Waals surface area contributed by atoms with Gasteiger partial charge in [0.1, 0.15) is 11.6 Å². The van der Waals surface area contributed by atoms with Crippen molar-refractivity contribution in [3.05, 3.63) is 65.0 Å². The molecule has 0 amide bonds. The first-order chi connectivity index (χ1) is 15.0. The summed E-state index contributed by atoms with van der Waals surface area (Å²) >= 11 is 0. The van der Waals surface area contributed by atoms with Crippen molar-refractivity contribution < 1.29 is 9.31 Å². The molecular weight excluding hydrogens is 401 g/mol. The minimum Gasteiger partial charge on any atom is -0.370 e. The number of aryl methyl sites for hydroxylation is 1. The number of hydrogen-bond acceptors (Lipinski definition) is 7. The van der Waals surface area contributed by atoms with Crippen LogP contribution in [-0.4, -0.2) is 39.1 Å². The van der Waals surface area contributed by atoms with Crippen molar-refractivity contribution in [1.82, 2.24) is 14.5 Å². The molecule has 0 saturated heterocycles. The van der Waals surface area contributed by atoms with Gasteiger partial charge in [-0.15, -0.1) is 0 Å². The van der Waals surface area contributed by atoms with Crippen LogP contribution in [-0.2, 0) is 6.54 Å². The molecule has 2 heterocycles. The fourth-order valence-corrected chi connectivity index (χ4v) is 3.23. The van der Waals surface area contributed by atoms with Crippen molar-refractivity contribution in [2.45, 2.75) is 26.8 Å². The van der Waals surface area contributed by atoms with E-state index in [9.17, 15) is 14.5 Å². The Hall–Kier alpha value is -3.69. The first-order valence-corrected chi connectivity index (χ1v) is 10.2. The van der Waals surface area contributed by atoms with Gasteiger partial charge in [0, 0.05) is 50.3 Å². The summed E-state index contributed by atoms with van der Waals surface area (Å²) < 4.78 is 16.5. The number of halogens is 1. The number of nitrogens with zero attached hydrogens (tertiary/aromatic N) is 5. The Labute approximate surface area is 180 Å². The maximum Gasteiger partial charge on any atom is 0.311 e. The van der Waals surface area contributed by atoms with Gasteiger partial charge in [0.25, 0.3) is 0 Å². The minimum absolute atomic E-state index is 0.0552. The van der Waals surface area contributed by atoms with Crippen molar-refractivity contribution in [2.24, 2.45) is 0 Å². The predicted molar refractivity (Wildman–Crippen MR) is 119 cm³/mol. The van der Waals surface area contributed by atoms with Crippen molar-refractivity contribution in [2.75, 3.05) is 35.2 Å². The molecule has 0 atom stereocenters. The molecule has 3 rings (SSSR count). The van der Waals surface area contributed by atoms with Crippen molar-refractivity contribution in [1.29, 1.82) is 0 Å². The molecule has 31 heavy (non-hydrogen) atoms. The van der Waals surface area contributed by atoms with Crippen molar-refractivity contribution in [3.8, 4) is 0 Å². The van der Waals surface area contributed by atoms with Crippen LogP contribution in [0.2, 0.25) is 0 Å². The zero-order chi connectivity index (χ0) is 22.2. The normalized spacial score (nSPS) is 10.7. The smallest absolute Gasteiger partial charge is 0.311 e. The summed E-state index contributed by atoms with van der Waals surface area (Å²) in [4.78, 5) is 21.1. The van der Waals surface area contributed by atoms with E-state index in [-0.39, 0.29) is 11.5 Å². The van der Waals surface area contributed by atoms with Gasteiger partial charge in [-0.25, -0.2) is 14.4 Å². The van der Waals surface area contributed by atoms with Crippen LogP contribution in [0.15, 0.2) is 49.1 Å². The highest BCUT2D eigenvalue weighted by Gasteiger charge is 2.17. The van der Waals surface area contributed by atoms with E-state index in [4.69, 9.17) is 0 Å². The molecule has 0 spiro atoms. The molecule has 164 valence electrons. The van der Waals surface area contributed by atoms with Crippen LogP contribution in [0, 0.1) is 15.9 Å². The Morgan fingerprint density at radius 1 is 1.23 bits per heavy atom. The lowest BCUT2D eigenvalue weighted by Gasteiger charge is -2.22. The number of nitro groups is 1. The molecule has 10 heteroatoms. The van der Waals surface area contributed by atoms with Crippen LogP contribution in [0.4, 0.5) is 33.1 Å². The standard InChI is InChI=1S/C21H26FN7O2/c1-3-28(4-2)18-7-6-16(14-17(18)22)25-21-19(29(30)31)8-9-20(26-21)24-10-5-12-27-13-11-23-15-27/h6-9,11,13-15H,3-5,10,12H2,1-2H3,(H2,24,25,26). The molecule has 2 N–H and O–H groups in total. The highest BCUT2D eigenvalue weighted by atomic mass is 19.1. The van der Waals surface area contributed by atoms with Crippen LogP contribution in [0.3, 0.4) is 0 Å². The van der Waals surface area contributed by atoms with E-state index >= 15 is 0 Å². The second-order valence-electron chi connectivity index (χ2n) is 6.87. The summed E-state index contributed by atoms with van der Waals surface area (Å²) in [7, 11) is 0. The van der Waals surface area contributed by atoms with Gasteiger partial charge in [-0.1, -0.05) is 0 Å². The van der Waals surface area contributed by atoms with Gasteiger partial charge in [0.2, 0.25) is 5.82 Å². The number of nitrogens with one attached hydrogen (secondary N) is 2. The summed E-state index contributed by atoms with van der Waals surface area (Å²) in [6, 6.07) is 7.62. The van der Waals surface area contributed by atoms with Crippen LogP contribution in [0.25, 0.3) is 0 Å². The Morgan fingerprint density at radius 2 is 2.03 bits per heavy atom. The monoisotopic (exact) mass is 427 g/mol. The van der Waals surface area contributed by atoms with E-state index in [0.717, 1.165) is 13.0 Å². The molecule has 1 aromatic carbocycles. The average molecular weight is 427 g/mol. The number of imidazole rings is 1. The largest absolute Gasteiger partial charge is 0.370 e. The molecule has 2 aromatic heterocycles. The molecule has 3 aromatic rings. The van der Waals surface area contributed by atoms with E-state index in [1.165, 1.54) is 12.1 Å². The SMILES string of the molecule is CCN(CC)c1ccc(Nc2nc(NCCCn3ccnc3)ccc2[N+](=O)[O-])cc1F. The van der Waals surface area contributed by atoms with Gasteiger partial charge in [-0.2, -0.15) is 0 Å². The average Bonchev–Trinajstić information content (AvgIpc) is 3.27. The summed E-state index contributed by atoms with van der Waals surface area (Å²) in [6.45, 7) is 6.70. The highest BCUT2D eigenvalue weighted by Crippen LogP contribution is 2.29. The van der Waals surface area contributed by atoms with Crippen LogP contribution < -0.4 is 15.5 Å². The Balaban J connectivity index is 1.72. The van der Waals surface area contributed by atoms with Crippen LogP contribution >= 0.6 is 0 Å². The van der Waals surface area contributed by atoms with Gasteiger partial charge in [-0.05, 0) is 44.5 Å². The fourth-order valence-electron chi connectivity index (χ4n) is 3.23. The minimum atomic E-state index is -0.515. The summed E-state index contributed by atoms with van der Waals surface area (Å²) in [5, 5.41) is 17.5. The van der Waals surface area contributed by atoms with E-state index in [1.807, 2.05) is 29.5 Å². The van der Waals surface area contributed by atoms with E-state index in [2.05, 4.69) is 20.6 Å². The maximum atomic E-state index is 14.6. The Kier molecular flexibility index (Phi) is 7.36. The van der Waals surface area contributed by atoms with Gasteiger partial charge in [0.05, 0.1) is 16.9 Å². The van der Waals surface area contributed by atoms with E-state index < -0.39 is 10.7 Å². The lowest BCUT2D eigenvalue weighted by molar-refractivity contribution is -0.384. The molecule has 0 aliphatic heterocycles. The van der Waals surface area contributed by atoms with E-state index in [0.29, 0.717) is 36.8 Å². The summed E-state index contributed by atoms with van der Waals surface area (Å²) in [6.07, 6.45) is 6.18. The molecule has 9 nitrogen and oxygen atoms in total. The predicted octanol–water partition coefficient (Wildman–Crippen LogP) is 4.42. The van der Waals surface area contributed by atoms with Crippen molar-refractivity contribution >= 4 is 28.7 Å². The zero-order valence-corrected chi connectivity index (χ0v) is 17.6. The van der Waals surface area contributed by atoms with Crippen LogP contribution in [0.5, 0.6) is 0 Å². The number of hydrogen-bond donors (Lipinski definition) is 2. The Morgan fingerprint density at radius 3 is 2.68 bits per heavy atom. The lowest BCUT2D eigenvalue weighted by atomic mass is 10.2. The molecule has 0 saturated carbocycles. The number of aromatic nitrogens is 3. The number of anilines is 4. The molecular formula is C21H26FN7O2. The second-order valence-corrected chi connectivity index (χ2v) is 6.87. The highest BCUT2D eigenvalue weighted by molar-refractivity contribution is 5.69. The quantitative estimate of drug-likeness (QED) is 0.265. The summed E-state index contributed by atoms with van der Waals surface area (Å²) in [5.41, 5.74) is 0.699. The lowest BCUT2D eigenvalue weighted by Crippen LogP contribution is -2.22. The summed E-state index contributed by atoms with van der Waals surface area (Å²) in [5.74, 6) is 0.156. The molecule has 0 bridgehead atoms. The number of rotatable bonds is 11. The first kappa shape index (κ1) is 22.0. The Bertz CT molecular complexity index is 1010. The molecule has 0 aliphatic rings. The first-order valence-electron chi connectivity index (χ1n) is 10.2. The van der Waals surface area contributed by atoms with Crippen molar-refractivity contribution in [3.63, 3.8) is 0 Å². The third-order valence-electron chi connectivity index (χ3n) is 4.84. The van der Waals surface area contributed by atoms with Crippen LogP contribution in [0.1, 0.15) is 20.3 Å². The third-order valence-corrected chi connectivity index (χ3v) is 4.84. The number of pyridine rings is 1. The molecule has 0 fully saturated rings. The van der Waals surface area contributed by atoms with Gasteiger partial charge in [-0.3, -0.25) is 10.1 Å². The molecule has 0 aliphatic carbocycles. The molecule has 0 unspecified atom stereocenters. The van der Waals surface area contributed by atoms with Gasteiger partial charge in [0.15, 0.2) is 0 Å². The van der Waals surface area contributed by atoms with Gasteiger partial charge >= 0.3 is 5.69 Å². The maximum absolute atomic E-state index is 14.6.